The van der Waals surface area contributed by atoms with Gasteiger partial charge in [0.15, 0.2) is 5.69 Å². The Morgan fingerprint density at radius 1 is 0.925 bits per heavy atom. The van der Waals surface area contributed by atoms with Crippen molar-refractivity contribution in [2.45, 2.75) is 65.8 Å². The van der Waals surface area contributed by atoms with Crippen molar-refractivity contribution >= 4 is 40.9 Å². The number of hydrogen-bond acceptors (Lipinski definition) is 9. The number of anilines is 1. The highest BCUT2D eigenvalue weighted by Crippen LogP contribution is 2.43. The van der Waals surface area contributed by atoms with Gasteiger partial charge in [-0.15, -0.1) is 11.3 Å². The van der Waals surface area contributed by atoms with Gasteiger partial charge in [0.1, 0.15) is 17.0 Å². The zero-order chi connectivity index (χ0) is 38.7. The molecule has 0 saturated heterocycles. The van der Waals surface area contributed by atoms with E-state index in [9.17, 15) is 32.3 Å². The van der Waals surface area contributed by atoms with Crippen LogP contribution in [0.2, 0.25) is 0 Å². The summed E-state index contributed by atoms with van der Waals surface area (Å²) >= 11 is 1.50. The lowest BCUT2D eigenvalue weighted by Crippen LogP contribution is -2.32. The first-order valence-electron chi connectivity index (χ1n) is 16.6. The highest BCUT2D eigenvalue weighted by Gasteiger charge is 2.29. The minimum atomic E-state index is -4.48. The molecule has 0 atom stereocenters. The summed E-state index contributed by atoms with van der Waals surface area (Å²) < 4.78 is 54.5. The summed E-state index contributed by atoms with van der Waals surface area (Å²) in [4.78, 5) is 57.6. The fraction of sp³-hybridized carbons (Fsp3) is 0.342. The monoisotopic (exact) mass is 752 g/mol. The predicted molar refractivity (Wildman–Crippen MR) is 193 cm³/mol. The first-order valence-corrected chi connectivity index (χ1v) is 17.5. The molecule has 0 unspecified atom stereocenters. The van der Waals surface area contributed by atoms with Crippen molar-refractivity contribution in [3.8, 4) is 27.3 Å². The average molecular weight is 753 g/mol. The van der Waals surface area contributed by atoms with E-state index in [0.29, 0.717) is 30.0 Å². The van der Waals surface area contributed by atoms with Crippen molar-refractivity contribution in [2.75, 3.05) is 25.6 Å². The summed E-state index contributed by atoms with van der Waals surface area (Å²) in [6.45, 7) is 8.82. The minimum absolute atomic E-state index is 0.132. The molecule has 280 valence electrons. The number of halogens is 3. The molecule has 53 heavy (non-hydrogen) atoms. The topological polar surface area (TPSA) is 145 Å². The van der Waals surface area contributed by atoms with Gasteiger partial charge in [-0.25, -0.2) is 14.6 Å². The summed E-state index contributed by atoms with van der Waals surface area (Å²) in [7, 11) is 1.12. The Morgan fingerprint density at radius 3 is 2.30 bits per heavy atom. The number of benzene rings is 2. The molecule has 0 saturated carbocycles. The molecule has 2 aromatic carbocycles. The Labute approximate surface area is 308 Å². The number of esters is 1. The van der Waals surface area contributed by atoms with Gasteiger partial charge in [-0.1, -0.05) is 12.1 Å². The Hall–Kier alpha value is -5.44. The number of hydrogen-bond donors (Lipinski definition) is 3. The summed E-state index contributed by atoms with van der Waals surface area (Å²) in [5.74, 6) is -1.93. The second kappa shape index (κ2) is 15.7. The van der Waals surface area contributed by atoms with E-state index in [1.165, 1.54) is 23.5 Å². The van der Waals surface area contributed by atoms with Gasteiger partial charge < -0.3 is 30.2 Å². The number of methoxy groups -OCH3 is 1. The van der Waals surface area contributed by atoms with Crippen LogP contribution < -0.4 is 20.7 Å². The van der Waals surface area contributed by atoms with Gasteiger partial charge in [0.05, 0.1) is 20.1 Å². The van der Waals surface area contributed by atoms with Crippen molar-refractivity contribution in [2.24, 2.45) is 0 Å². The first-order chi connectivity index (χ1) is 24.9. The van der Waals surface area contributed by atoms with E-state index < -0.39 is 48.6 Å². The van der Waals surface area contributed by atoms with Gasteiger partial charge in [-0.05, 0) is 92.6 Å². The number of thiophene rings is 1. The SMILES string of the molecule is COC(=O)c1nc(C(=O)NCCC(F)(F)F)ccc1-c1cc2c(cc1C(=O)Nc1c(C)cc(CNC(=O)OC(C)(C)C)cc1C)-c1sccc1CCO2. The van der Waals surface area contributed by atoms with Crippen LogP contribution in [0.4, 0.5) is 23.7 Å². The highest BCUT2D eigenvalue weighted by molar-refractivity contribution is 7.13. The fourth-order valence-electron chi connectivity index (χ4n) is 5.81. The van der Waals surface area contributed by atoms with E-state index in [1.54, 1.807) is 32.9 Å². The van der Waals surface area contributed by atoms with E-state index in [-0.39, 0.29) is 34.6 Å². The van der Waals surface area contributed by atoms with Crippen molar-refractivity contribution in [3.63, 3.8) is 0 Å². The van der Waals surface area contributed by atoms with E-state index in [0.717, 1.165) is 34.2 Å². The van der Waals surface area contributed by atoms with Crippen LogP contribution in [0.25, 0.3) is 21.6 Å². The van der Waals surface area contributed by atoms with E-state index in [1.807, 2.05) is 37.4 Å². The molecule has 0 fully saturated rings. The van der Waals surface area contributed by atoms with Gasteiger partial charge in [0.25, 0.3) is 11.8 Å². The van der Waals surface area contributed by atoms with Crippen molar-refractivity contribution in [3.05, 3.63) is 87.0 Å². The second-order valence-electron chi connectivity index (χ2n) is 13.4. The van der Waals surface area contributed by atoms with Crippen LogP contribution in [0.15, 0.2) is 47.8 Å². The number of pyridine rings is 1. The maximum Gasteiger partial charge on any atom is 0.407 e. The molecule has 2 aromatic heterocycles. The lowest BCUT2D eigenvalue weighted by molar-refractivity contribution is -0.133. The molecule has 4 aromatic rings. The second-order valence-corrected chi connectivity index (χ2v) is 14.3. The van der Waals surface area contributed by atoms with Gasteiger partial charge in [-0.2, -0.15) is 13.2 Å². The fourth-order valence-corrected chi connectivity index (χ4v) is 6.79. The largest absolute Gasteiger partial charge is 0.493 e. The summed E-state index contributed by atoms with van der Waals surface area (Å²) in [6, 6.07) is 11.6. The highest BCUT2D eigenvalue weighted by atomic mass is 32.1. The molecule has 0 spiro atoms. The molecule has 1 aliphatic rings. The molecule has 3 amide bonds. The number of alkyl carbamates (subject to hydrolysis) is 1. The number of aromatic nitrogens is 1. The van der Waals surface area contributed by atoms with Crippen molar-refractivity contribution in [1.82, 2.24) is 15.6 Å². The number of carbonyl (C=O) groups is 4. The standard InChI is InChI=1S/C38H39F3N4O7S/c1-20-15-22(19-43-36(49)52-37(3,4)5)16-21(2)30(20)45-33(46)26-17-27-29(51-13-9-23-10-14-53-32(23)27)18-25(26)24-7-8-28(44-31(24)35(48)50-6)34(47)42-12-11-38(39,40)41/h7-8,10,14-18H,9,11-13,19H2,1-6H3,(H,42,47)(H,43,49)(H,45,46). The molecule has 15 heteroatoms. The van der Waals surface area contributed by atoms with Gasteiger partial charge in [0.2, 0.25) is 0 Å². The normalized spacial score (nSPS) is 12.4. The van der Waals surface area contributed by atoms with E-state index in [4.69, 9.17) is 14.2 Å². The Morgan fingerprint density at radius 2 is 1.64 bits per heavy atom. The maximum absolute atomic E-state index is 14.4. The Balaban J connectivity index is 1.55. The molecule has 11 nitrogen and oxygen atoms in total. The number of aryl methyl sites for hydroxylation is 2. The number of nitrogens with zero attached hydrogens (tertiary/aromatic N) is 1. The number of ether oxygens (including phenoxy) is 3. The third-order valence-electron chi connectivity index (χ3n) is 8.14. The smallest absolute Gasteiger partial charge is 0.407 e. The molecule has 0 bridgehead atoms. The van der Waals surface area contributed by atoms with E-state index >= 15 is 0 Å². The lowest BCUT2D eigenvalue weighted by atomic mass is 9.93. The lowest BCUT2D eigenvalue weighted by Gasteiger charge is -2.20. The Bertz CT molecular complexity index is 2050. The zero-order valence-electron chi connectivity index (χ0n) is 30.0. The van der Waals surface area contributed by atoms with Crippen LogP contribution in [-0.4, -0.2) is 60.9 Å². The third-order valence-corrected chi connectivity index (χ3v) is 9.13. The van der Waals surface area contributed by atoms with E-state index in [2.05, 4.69) is 20.9 Å². The maximum atomic E-state index is 14.4. The molecular formula is C38H39F3N4O7S. The van der Waals surface area contributed by atoms with Crippen LogP contribution in [0.1, 0.15) is 80.8 Å². The molecule has 0 radical (unpaired) electrons. The van der Waals surface area contributed by atoms with Gasteiger partial charge in [-0.3, -0.25) is 9.59 Å². The van der Waals surface area contributed by atoms with Gasteiger partial charge >= 0.3 is 18.2 Å². The number of fused-ring (bicyclic) bond motifs is 3. The van der Waals surface area contributed by atoms with Crippen LogP contribution in [-0.2, 0) is 22.4 Å². The zero-order valence-corrected chi connectivity index (χ0v) is 30.8. The quantitative estimate of drug-likeness (QED) is 0.147. The molecular weight excluding hydrogens is 714 g/mol. The number of alkyl halides is 3. The summed E-state index contributed by atoms with van der Waals surface area (Å²) in [5, 5.41) is 9.87. The van der Waals surface area contributed by atoms with Crippen LogP contribution in [0.3, 0.4) is 0 Å². The Kier molecular flexibility index (Phi) is 11.5. The van der Waals surface area contributed by atoms with Crippen molar-refractivity contribution < 1.29 is 46.6 Å². The predicted octanol–water partition coefficient (Wildman–Crippen LogP) is 7.77. The molecule has 1 aliphatic heterocycles. The molecule has 5 rings (SSSR count). The number of rotatable bonds is 9. The van der Waals surface area contributed by atoms with Crippen LogP contribution >= 0.6 is 11.3 Å². The van der Waals surface area contributed by atoms with Crippen LogP contribution in [0.5, 0.6) is 5.75 Å². The number of amides is 3. The first kappa shape index (κ1) is 38.8. The van der Waals surface area contributed by atoms with Crippen LogP contribution in [0, 0.1) is 13.8 Å². The average Bonchev–Trinajstić information content (AvgIpc) is 3.48. The van der Waals surface area contributed by atoms with Gasteiger partial charge in [0, 0.05) is 52.3 Å². The number of carbonyl (C=O) groups excluding carboxylic acids is 4. The number of nitrogens with one attached hydrogen (secondary N) is 3. The molecule has 3 N–H and O–H groups in total. The van der Waals surface area contributed by atoms with Crippen molar-refractivity contribution in [1.29, 1.82) is 0 Å². The molecule has 3 heterocycles. The summed E-state index contributed by atoms with van der Waals surface area (Å²) in [5.41, 5.74) is 3.70. The third kappa shape index (κ3) is 9.52. The minimum Gasteiger partial charge on any atom is -0.493 e. The summed E-state index contributed by atoms with van der Waals surface area (Å²) in [6.07, 6.45) is -5.65. The molecule has 0 aliphatic carbocycles.